The molecule has 8 nitrogen and oxygen atoms in total. The molecule has 0 aliphatic carbocycles. The van der Waals surface area contributed by atoms with E-state index in [-0.39, 0.29) is 6.04 Å². The van der Waals surface area contributed by atoms with E-state index in [9.17, 15) is 0 Å². The van der Waals surface area contributed by atoms with Gasteiger partial charge in [-0.15, -0.1) is 0 Å². The molecule has 0 amide bonds. The van der Waals surface area contributed by atoms with Gasteiger partial charge in [0.05, 0.1) is 33.5 Å². The van der Waals surface area contributed by atoms with Crippen LogP contribution in [0.15, 0.2) is 47.6 Å². The number of methoxy groups -OCH3 is 2. The van der Waals surface area contributed by atoms with E-state index in [0.29, 0.717) is 24.5 Å². The zero-order chi connectivity index (χ0) is 21.9. The lowest BCUT2D eigenvalue weighted by Gasteiger charge is -2.26. The zero-order valence-corrected chi connectivity index (χ0v) is 18.2. The minimum absolute atomic E-state index is 0.277. The number of hydrogen-bond acceptors (Lipinski definition) is 6. The van der Waals surface area contributed by atoms with Gasteiger partial charge in [0.2, 0.25) is 0 Å². The number of hydrogen-bond donors (Lipinski definition) is 0. The number of benzene rings is 2. The average Bonchev–Trinajstić information content (AvgIpc) is 2.82. The zero-order valence-electron chi connectivity index (χ0n) is 18.2. The highest BCUT2D eigenvalue weighted by Gasteiger charge is 2.13. The molecule has 2 aromatic rings. The lowest BCUT2D eigenvalue weighted by molar-refractivity contribution is 0.0322. The van der Waals surface area contributed by atoms with E-state index in [1.165, 1.54) is 0 Å². The van der Waals surface area contributed by atoms with Gasteiger partial charge in [0.25, 0.3) is 0 Å². The molecule has 3 rings (SSSR count). The second-order valence-corrected chi connectivity index (χ2v) is 7.32. The molecule has 0 saturated carbocycles. The molecule has 1 aliphatic heterocycles. The molecule has 31 heavy (non-hydrogen) atoms. The summed E-state index contributed by atoms with van der Waals surface area (Å²) >= 11 is 0. The number of rotatable bonds is 11. The Kier molecular flexibility index (Phi) is 8.84. The molecule has 0 aromatic heterocycles. The number of azide groups is 1. The van der Waals surface area contributed by atoms with E-state index >= 15 is 0 Å². The van der Waals surface area contributed by atoms with Crippen molar-refractivity contribution in [1.82, 2.24) is 4.90 Å². The van der Waals surface area contributed by atoms with E-state index in [1.54, 1.807) is 14.2 Å². The predicted molar refractivity (Wildman–Crippen MR) is 119 cm³/mol. The quantitative estimate of drug-likeness (QED) is 0.302. The van der Waals surface area contributed by atoms with Crippen LogP contribution in [0, 0.1) is 0 Å². The maximum atomic E-state index is 9.08. The van der Waals surface area contributed by atoms with Crippen molar-refractivity contribution in [3.8, 4) is 17.2 Å². The molecule has 0 bridgehead atoms. The van der Waals surface area contributed by atoms with Crippen molar-refractivity contribution in [3.63, 3.8) is 0 Å². The molecule has 1 atom stereocenters. The maximum Gasteiger partial charge on any atom is 0.160 e. The Morgan fingerprint density at radius 3 is 2.65 bits per heavy atom. The summed E-state index contributed by atoms with van der Waals surface area (Å²) in [6, 6.07) is 13.4. The molecule has 0 unspecified atom stereocenters. The van der Waals surface area contributed by atoms with E-state index < -0.39 is 0 Å². The van der Waals surface area contributed by atoms with Crippen LogP contribution in [0.3, 0.4) is 0 Å². The van der Waals surface area contributed by atoms with Crippen LogP contribution in [0.4, 0.5) is 0 Å². The van der Waals surface area contributed by atoms with Gasteiger partial charge in [0.15, 0.2) is 11.5 Å². The van der Waals surface area contributed by atoms with Crippen LogP contribution >= 0.6 is 0 Å². The van der Waals surface area contributed by atoms with Crippen molar-refractivity contribution in [1.29, 1.82) is 0 Å². The molecule has 0 spiro atoms. The third kappa shape index (κ3) is 6.79. The van der Waals surface area contributed by atoms with Gasteiger partial charge >= 0.3 is 0 Å². The fourth-order valence-corrected chi connectivity index (χ4v) is 3.62. The highest BCUT2D eigenvalue weighted by molar-refractivity contribution is 5.43. The van der Waals surface area contributed by atoms with Crippen molar-refractivity contribution in [2.75, 3.05) is 53.7 Å². The second kappa shape index (κ2) is 12.1. The van der Waals surface area contributed by atoms with Crippen LogP contribution in [0.2, 0.25) is 0 Å². The minimum atomic E-state index is -0.277. The highest BCUT2D eigenvalue weighted by Crippen LogP contribution is 2.31. The Morgan fingerprint density at radius 2 is 1.90 bits per heavy atom. The van der Waals surface area contributed by atoms with Gasteiger partial charge in [0, 0.05) is 24.5 Å². The Balaban J connectivity index is 1.60. The smallest absolute Gasteiger partial charge is 0.160 e. The molecule has 1 aliphatic rings. The number of morpholine rings is 1. The Hall–Kier alpha value is -2.93. The van der Waals surface area contributed by atoms with Crippen LogP contribution < -0.4 is 14.2 Å². The summed E-state index contributed by atoms with van der Waals surface area (Å²) in [5.74, 6) is 2.17. The summed E-state index contributed by atoms with van der Waals surface area (Å²) in [6.07, 6.45) is 1.42. The highest BCUT2D eigenvalue weighted by atomic mass is 16.5. The predicted octanol–water partition coefficient (Wildman–Crippen LogP) is 4.40. The SMILES string of the molecule is COc1ccc(CC[C@@H](N=[N+]=[N-])c2cccc(OCCN3CCOCC3)c2)cc1OC. The van der Waals surface area contributed by atoms with Gasteiger partial charge in [-0.1, -0.05) is 23.3 Å². The molecule has 0 radical (unpaired) electrons. The Bertz CT molecular complexity index is 880. The van der Waals surface area contributed by atoms with Crippen LogP contribution in [0.5, 0.6) is 17.2 Å². The van der Waals surface area contributed by atoms with Crippen LogP contribution in [0.1, 0.15) is 23.6 Å². The van der Waals surface area contributed by atoms with Crippen molar-refractivity contribution in [3.05, 3.63) is 64.0 Å². The number of nitrogens with zero attached hydrogens (tertiary/aromatic N) is 4. The van der Waals surface area contributed by atoms with Crippen LogP contribution in [-0.4, -0.2) is 58.6 Å². The second-order valence-electron chi connectivity index (χ2n) is 7.32. The van der Waals surface area contributed by atoms with Gasteiger partial charge in [-0.25, -0.2) is 0 Å². The van der Waals surface area contributed by atoms with E-state index in [2.05, 4.69) is 14.9 Å². The molecular weight excluding hydrogens is 396 g/mol. The Labute approximate surface area is 183 Å². The molecule has 166 valence electrons. The molecule has 0 N–H and O–H groups in total. The third-order valence-electron chi connectivity index (χ3n) is 5.37. The number of aryl methyl sites for hydroxylation is 1. The van der Waals surface area contributed by atoms with E-state index in [4.69, 9.17) is 24.5 Å². The molecule has 2 aromatic carbocycles. The molecule has 1 fully saturated rings. The van der Waals surface area contributed by atoms with Crippen molar-refractivity contribution < 1.29 is 18.9 Å². The van der Waals surface area contributed by atoms with Crippen molar-refractivity contribution in [2.24, 2.45) is 5.11 Å². The largest absolute Gasteiger partial charge is 0.493 e. The van der Waals surface area contributed by atoms with E-state index in [0.717, 1.165) is 56.1 Å². The summed E-state index contributed by atoms with van der Waals surface area (Å²) in [4.78, 5) is 5.39. The van der Waals surface area contributed by atoms with Crippen molar-refractivity contribution in [2.45, 2.75) is 18.9 Å². The lowest BCUT2D eigenvalue weighted by Crippen LogP contribution is -2.38. The first-order valence-corrected chi connectivity index (χ1v) is 10.5. The van der Waals surface area contributed by atoms with Gasteiger partial charge in [-0.2, -0.15) is 0 Å². The summed E-state index contributed by atoms with van der Waals surface area (Å²) in [5, 5.41) is 4.03. The summed E-state index contributed by atoms with van der Waals surface area (Å²) < 4.78 is 22.0. The molecular formula is C23H30N4O4. The molecule has 8 heteroatoms. The standard InChI is InChI=1S/C23H30N4O4/c1-28-22-9-7-18(16-23(22)29-2)6-8-21(25-26-24)19-4-3-5-20(17-19)31-15-12-27-10-13-30-14-11-27/h3-5,7,9,16-17,21H,6,8,10-15H2,1-2H3/t21-/m1/s1. The lowest BCUT2D eigenvalue weighted by atomic mass is 9.99. The topological polar surface area (TPSA) is 88.9 Å². The maximum absolute atomic E-state index is 9.08. The monoisotopic (exact) mass is 426 g/mol. The third-order valence-corrected chi connectivity index (χ3v) is 5.37. The van der Waals surface area contributed by atoms with Crippen molar-refractivity contribution >= 4 is 0 Å². The first-order valence-electron chi connectivity index (χ1n) is 10.5. The van der Waals surface area contributed by atoms with Crippen LogP contribution in [-0.2, 0) is 11.2 Å². The summed E-state index contributed by atoms with van der Waals surface area (Å²) in [5.41, 5.74) is 11.1. The summed E-state index contributed by atoms with van der Waals surface area (Å²) in [6.45, 7) is 4.93. The minimum Gasteiger partial charge on any atom is -0.493 e. The normalized spacial score (nSPS) is 15.0. The van der Waals surface area contributed by atoms with Gasteiger partial charge in [-0.3, -0.25) is 4.90 Å². The molecule has 1 saturated heterocycles. The first kappa shape index (κ1) is 22.7. The van der Waals surface area contributed by atoms with Gasteiger partial charge in [0.1, 0.15) is 12.4 Å². The summed E-state index contributed by atoms with van der Waals surface area (Å²) in [7, 11) is 3.24. The fraction of sp³-hybridized carbons (Fsp3) is 0.478. The first-order chi connectivity index (χ1) is 15.2. The fourth-order valence-electron chi connectivity index (χ4n) is 3.62. The van der Waals surface area contributed by atoms with Gasteiger partial charge < -0.3 is 18.9 Å². The average molecular weight is 427 g/mol. The van der Waals surface area contributed by atoms with Crippen LogP contribution in [0.25, 0.3) is 10.4 Å². The number of ether oxygens (including phenoxy) is 4. The molecule has 1 heterocycles. The van der Waals surface area contributed by atoms with E-state index in [1.807, 2.05) is 42.5 Å². The Morgan fingerprint density at radius 1 is 1.10 bits per heavy atom. The van der Waals surface area contributed by atoms with Gasteiger partial charge in [-0.05, 0) is 53.8 Å².